The molecule has 0 saturated carbocycles. The number of benzene rings is 1. The van der Waals surface area contributed by atoms with Gasteiger partial charge in [0.05, 0.1) is 24.8 Å². The fraction of sp³-hybridized carbons (Fsp3) is 0.500. The van der Waals surface area contributed by atoms with Gasteiger partial charge >= 0.3 is 39.8 Å². The standard InChI is InChI=1S/C22H29N5O4S.Na.H/c1-15(28)23-9-10-27(18-13-24-26(2)14-18)32(30,31)25-22(29)12-21-19-7-3-5-16(19)11-17-6-4-8-20(17)21;;/h11,13-14H,3-10,12H2,1-2H3,(H,23,28)(H,25,29);;. The molecule has 2 aromatic rings. The molecule has 0 saturated heterocycles. The fourth-order valence-electron chi connectivity index (χ4n) is 4.80. The second kappa shape index (κ2) is 10.6. The van der Waals surface area contributed by atoms with Crippen LogP contribution in [0.25, 0.3) is 0 Å². The molecule has 0 aliphatic heterocycles. The second-order valence-electron chi connectivity index (χ2n) is 8.47. The predicted octanol–water partition coefficient (Wildman–Crippen LogP) is 0.295. The molecule has 0 unspecified atom stereocenters. The molecular weight excluding hydrogens is 453 g/mol. The second-order valence-corrected chi connectivity index (χ2v) is 10.1. The van der Waals surface area contributed by atoms with Crippen LogP contribution in [0.3, 0.4) is 0 Å². The molecular formula is C22H30N5NaO4S. The number of carbonyl (C=O) groups is 2. The third-order valence-corrected chi connectivity index (χ3v) is 7.60. The Morgan fingerprint density at radius 1 is 1.12 bits per heavy atom. The Hall–Kier alpha value is -1.88. The number of hydrogen-bond donors (Lipinski definition) is 2. The molecule has 174 valence electrons. The Labute approximate surface area is 216 Å². The van der Waals surface area contributed by atoms with Crippen molar-refractivity contribution in [2.45, 2.75) is 51.9 Å². The van der Waals surface area contributed by atoms with Crippen molar-refractivity contribution in [1.82, 2.24) is 19.8 Å². The topological polar surface area (TPSA) is 113 Å². The Balaban J connectivity index is 0.00000306. The molecule has 0 atom stereocenters. The van der Waals surface area contributed by atoms with Crippen molar-refractivity contribution in [3.8, 4) is 0 Å². The van der Waals surface area contributed by atoms with Gasteiger partial charge in [0, 0.05) is 26.7 Å². The SMILES string of the molecule is CC(=O)NCCN(c1cnn(C)c1)S(=O)(=O)NC(=O)Cc1c2c(cc3c1CCC3)CCC2.[NaH]. The van der Waals surface area contributed by atoms with Crippen molar-refractivity contribution in [1.29, 1.82) is 0 Å². The van der Waals surface area contributed by atoms with Gasteiger partial charge in [-0.05, 0) is 66.3 Å². The third-order valence-electron chi connectivity index (χ3n) is 6.14. The van der Waals surface area contributed by atoms with Crippen LogP contribution >= 0.6 is 0 Å². The number of aryl methyl sites for hydroxylation is 3. The maximum absolute atomic E-state index is 13.1. The molecule has 4 rings (SSSR count). The molecule has 0 spiro atoms. The van der Waals surface area contributed by atoms with Crippen molar-refractivity contribution in [2.75, 3.05) is 17.4 Å². The van der Waals surface area contributed by atoms with E-state index < -0.39 is 16.1 Å². The monoisotopic (exact) mass is 483 g/mol. The van der Waals surface area contributed by atoms with E-state index in [0.29, 0.717) is 5.69 Å². The van der Waals surface area contributed by atoms with Gasteiger partial charge in [-0.15, -0.1) is 0 Å². The predicted molar refractivity (Wildman–Crippen MR) is 128 cm³/mol. The first kappa shape index (κ1) is 25.7. The van der Waals surface area contributed by atoms with Gasteiger partial charge in [-0.25, -0.2) is 9.03 Å². The van der Waals surface area contributed by atoms with Gasteiger partial charge in [0.1, 0.15) is 0 Å². The minimum atomic E-state index is -4.18. The number of nitrogens with zero attached hydrogens (tertiary/aromatic N) is 3. The van der Waals surface area contributed by atoms with Crippen LogP contribution in [-0.4, -0.2) is 72.7 Å². The van der Waals surface area contributed by atoms with Crippen molar-refractivity contribution < 1.29 is 18.0 Å². The van der Waals surface area contributed by atoms with Gasteiger partial charge in [0.2, 0.25) is 11.8 Å². The number of aromatic nitrogens is 2. The van der Waals surface area contributed by atoms with E-state index in [1.807, 2.05) is 0 Å². The van der Waals surface area contributed by atoms with Crippen LogP contribution in [0.4, 0.5) is 5.69 Å². The summed E-state index contributed by atoms with van der Waals surface area (Å²) in [5.74, 6) is -0.808. The molecule has 0 radical (unpaired) electrons. The van der Waals surface area contributed by atoms with E-state index in [1.165, 1.54) is 40.1 Å². The van der Waals surface area contributed by atoms with Crippen LogP contribution in [0.15, 0.2) is 18.5 Å². The number of hydrogen-bond acceptors (Lipinski definition) is 5. The van der Waals surface area contributed by atoms with Crippen LogP contribution < -0.4 is 14.3 Å². The molecule has 2 aliphatic rings. The summed E-state index contributed by atoms with van der Waals surface area (Å²) in [6.07, 6.45) is 9.08. The summed E-state index contributed by atoms with van der Waals surface area (Å²) >= 11 is 0. The van der Waals surface area contributed by atoms with Crippen molar-refractivity contribution in [2.24, 2.45) is 7.05 Å². The molecule has 11 heteroatoms. The average Bonchev–Trinajstić information content (AvgIpc) is 3.44. The zero-order chi connectivity index (χ0) is 22.9. The molecule has 1 heterocycles. The number of amides is 2. The molecule has 1 aromatic carbocycles. The molecule has 0 fully saturated rings. The van der Waals surface area contributed by atoms with E-state index >= 15 is 0 Å². The van der Waals surface area contributed by atoms with Crippen LogP contribution in [0.1, 0.15) is 47.6 Å². The summed E-state index contributed by atoms with van der Waals surface area (Å²) in [5.41, 5.74) is 6.42. The Bertz CT molecular complexity index is 1130. The zero-order valence-electron chi connectivity index (χ0n) is 18.5. The van der Waals surface area contributed by atoms with Gasteiger partial charge in [0.15, 0.2) is 0 Å². The molecule has 2 amide bonds. The van der Waals surface area contributed by atoms with Crippen molar-refractivity contribution >= 4 is 57.3 Å². The van der Waals surface area contributed by atoms with Crippen molar-refractivity contribution in [3.05, 3.63) is 46.3 Å². The number of nitrogens with one attached hydrogen (secondary N) is 2. The van der Waals surface area contributed by atoms with Crippen LogP contribution in [-0.2, 0) is 59.0 Å². The molecule has 2 aliphatic carbocycles. The van der Waals surface area contributed by atoms with E-state index in [9.17, 15) is 18.0 Å². The number of anilines is 1. The molecule has 33 heavy (non-hydrogen) atoms. The summed E-state index contributed by atoms with van der Waals surface area (Å²) in [6.45, 7) is 1.45. The third kappa shape index (κ3) is 5.79. The minimum absolute atomic E-state index is 0. The average molecular weight is 484 g/mol. The van der Waals surface area contributed by atoms with Gasteiger partial charge < -0.3 is 5.32 Å². The van der Waals surface area contributed by atoms with E-state index in [-0.39, 0.29) is 55.0 Å². The molecule has 1 aromatic heterocycles. The normalized spacial score (nSPS) is 14.2. The van der Waals surface area contributed by atoms with Crippen LogP contribution in [0.2, 0.25) is 0 Å². The van der Waals surface area contributed by atoms with Gasteiger partial charge in [0.25, 0.3) is 0 Å². The van der Waals surface area contributed by atoms with E-state index in [4.69, 9.17) is 0 Å². The van der Waals surface area contributed by atoms with E-state index in [1.54, 1.807) is 13.2 Å². The summed E-state index contributed by atoms with van der Waals surface area (Å²) in [7, 11) is -2.50. The van der Waals surface area contributed by atoms with Gasteiger partial charge in [-0.1, -0.05) is 6.07 Å². The van der Waals surface area contributed by atoms with Crippen LogP contribution in [0, 0.1) is 0 Å². The summed E-state index contributed by atoms with van der Waals surface area (Å²) in [5, 5.41) is 6.62. The van der Waals surface area contributed by atoms with Crippen LogP contribution in [0.5, 0.6) is 0 Å². The molecule has 0 bridgehead atoms. The first-order valence-electron chi connectivity index (χ1n) is 11.0. The van der Waals surface area contributed by atoms with E-state index in [2.05, 4.69) is 21.2 Å². The quantitative estimate of drug-likeness (QED) is 0.524. The first-order chi connectivity index (χ1) is 15.2. The molecule has 2 N–H and O–H groups in total. The van der Waals surface area contributed by atoms with E-state index in [0.717, 1.165) is 48.4 Å². The first-order valence-corrected chi connectivity index (χ1v) is 12.4. The van der Waals surface area contributed by atoms with Gasteiger partial charge in [-0.3, -0.25) is 14.3 Å². The Morgan fingerprint density at radius 2 is 1.76 bits per heavy atom. The zero-order valence-corrected chi connectivity index (χ0v) is 19.3. The number of fused-ring (bicyclic) bond motifs is 2. The summed E-state index contributed by atoms with van der Waals surface area (Å²) in [6, 6.07) is 2.29. The maximum atomic E-state index is 13.1. The summed E-state index contributed by atoms with van der Waals surface area (Å²) in [4.78, 5) is 24.2. The Morgan fingerprint density at radius 3 is 2.30 bits per heavy atom. The van der Waals surface area contributed by atoms with Gasteiger partial charge in [-0.2, -0.15) is 13.5 Å². The Kier molecular flexibility index (Phi) is 8.26. The summed E-state index contributed by atoms with van der Waals surface area (Å²) < 4.78 is 31.0. The number of rotatable bonds is 8. The fourth-order valence-corrected chi connectivity index (χ4v) is 5.98. The number of carbonyl (C=O) groups excluding carboxylic acids is 2. The molecule has 9 nitrogen and oxygen atoms in total. The van der Waals surface area contributed by atoms with Crippen molar-refractivity contribution in [3.63, 3.8) is 0 Å².